The van der Waals surface area contributed by atoms with Crippen molar-refractivity contribution >= 4 is 35.4 Å². The Morgan fingerprint density at radius 2 is 1.51 bits per heavy atom. The second-order valence-electron chi connectivity index (χ2n) is 10.0. The van der Waals surface area contributed by atoms with Crippen molar-refractivity contribution in [1.29, 1.82) is 0 Å². The number of ether oxygens (including phenoxy) is 2. The Bertz CT molecular complexity index is 1240. The zero-order chi connectivity index (χ0) is 26.6. The molecule has 0 fully saturated rings. The SMILES string of the molecule is CC(C)(C)OC(=O)N[C@@H](CNC(=O)OCC1c2ccccc2-c2ccccc21)Cc1ccc(Cl)c(Cl)c1. The molecule has 194 valence electrons. The summed E-state index contributed by atoms with van der Waals surface area (Å²) in [5.41, 5.74) is 4.80. The summed E-state index contributed by atoms with van der Waals surface area (Å²) < 4.78 is 11.0. The molecule has 0 spiro atoms. The van der Waals surface area contributed by atoms with Crippen LogP contribution in [0.15, 0.2) is 66.7 Å². The maximum absolute atomic E-state index is 12.7. The summed E-state index contributed by atoms with van der Waals surface area (Å²) in [5.74, 6) is -0.0370. The second-order valence-corrected chi connectivity index (χ2v) is 10.8. The number of halogens is 2. The average molecular weight is 541 g/mol. The number of hydrogen-bond donors (Lipinski definition) is 2. The van der Waals surface area contributed by atoms with Gasteiger partial charge in [-0.15, -0.1) is 0 Å². The van der Waals surface area contributed by atoms with E-state index in [1.54, 1.807) is 32.9 Å². The smallest absolute Gasteiger partial charge is 0.407 e. The third kappa shape index (κ3) is 6.96. The summed E-state index contributed by atoms with van der Waals surface area (Å²) in [6.07, 6.45) is -0.737. The zero-order valence-corrected chi connectivity index (χ0v) is 22.5. The van der Waals surface area contributed by atoms with Gasteiger partial charge < -0.3 is 20.1 Å². The first-order valence-electron chi connectivity index (χ1n) is 12.1. The summed E-state index contributed by atoms with van der Waals surface area (Å²) in [4.78, 5) is 25.1. The number of rotatable bonds is 7. The molecule has 6 nitrogen and oxygen atoms in total. The van der Waals surface area contributed by atoms with Crippen LogP contribution in [0.5, 0.6) is 0 Å². The van der Waals surface area contributed by atoms with Crippen molar-refractivity contribution in [3.05, 3.63) is 93.5 Å². The molecule has 0 radical (unpaired) electrons. The fourth-order valence-electron chi connectivity index (χ4n) is 4.46. The van der Waals surface area contributed by atoms with Crippen molar-refractivity contribution in [3.8, 4) is 11.1 Å². The minimum Gasteiger partial charge on any atom is -0.449 e. The fraction of sp³-hybridized carbons (Fsp3) is 0.310. The van der Waals surface area contributed by atoms with Gasteiger partial charge in [0.25, 0.3) is 0 Å². The highest BCUT2D eigenvalue weighted by molar-refractivity contribution is 6.42. The molecule has 2 amide bonds. The molecule has 0 saturated heterocycles. The Balaban J connectivity index is 1.39. The van der Waals surface area contributed by atoms with E-state index in [-0.39, 0.29) is 19.1 Å². The van der Waals surface area contributed by atoms with Crippen molar-refractivity contribution in [1.82, 2.24) is 10.6 Å². The van der Waals surface area contributed by atoms with Crippen molar-refractivity contribution in [3.63, 3.8) is 0 Å². The van der Waals surface area contributed by atoms with E-state index in [4.69, 9.17) is 32.7 Å². The van der Waals surface area contributed by atoms with E-state index in [0.717, 1.165) is 27.8 Å². The van der Waals surface area contributed by atoms with Gasteiger partial charge in [-0.1, -0.05) is 77.8 Å². The number of fused-ring (bicyclic) bond motifs is 3. The van der Waals surface area contributed by atoms with Crippen LogP contribution in [0.2, 0.25) is 10.0 Å². The first-order chi connectivity index (χ1) is 17.6. The maximum atomic E-state index is 12.7. The molecule has 0 aliphatic heterocycles. The lowest BCUT2D eigenvalue weighted by Crippen LogP contribution is -2.46. The summed E-state index contributed by atoms with van der Waals surface area (Å²) in [6, 6.07) is 21.1. The van der Waals surface area contributed by atoms with Crippen molar-refractivity contribution in [2.45, 2.75) is 44.8 Å². The van der Waals surface area contributed by atoms with E-state index >= 15 is 0 Å². The molecular formula is C29H30Cl2N2O4. The van der Waals surface area contributed by atoms with E-state index in [2.05, 4.69) is 34.9 Å². The van der Waals surface area contributed by atoms with Gasteiger partial charge in [-0.3, -0.25) is 0 Å². The van der Waals surface area contributed by atoms with Gasteiger partial charge in [0, 0.05) is 12.5 Å². The van der Waals surface area contributed by atoms with Crippen LogP contribution in [-0.2, 0) is 15.9 Å². The lowest BCUT2D eigenvalue weighted by molar-refractivity contribution is 0.0502. The maximum Gasteiger partial charge on any atom is 0.407 e. The van der Waals surface area contributed by atoms with Crippen LogP contribution in [0, 0.1) is 0 Å². The predicted molar refractivity (Wildman–Crippen MR) is 146 cm³/mol. The molecule has 1 aliphatic rings. The Morgan fingerprint density at radius 1 is 0.892 bits per heavy atom. The van der Waals surface area contributed by atoms with Crippen LogP contribution >= 0.6 is 23.2 Å². The molecule has 2 N–H and O–H groups in total. The topological polar surface area (TPSA) is 76.7 Å². The number of nitrogens with one attached hydrogen (secondary N) is 2. The highest BCUT2D eigenvalue weighted by Gasteiger charge is 2.29. The molecule has 1 aliphatic carbocycles. The molecule has 0 aromatic heterocycles. The fourth-order valence-corrected chi connectivity index (χ4v) is 4.78. The quantitative estimate of drug-likeness (QED) is 0.339. The van der Waals surface area contributed by atoms with Gasteiger partial charge in [-0.2, -0.15) is 0 Å². The van der Waals surface area contributed by atoms with Crippen LogP contribution in [-0.4, -0.2) is 37.0 Å². The van der Waals surface area contributed by atoms with Crippen LogP contribution < -0.4 is 10.6 Å². The van der Waals surface area contributed by atoms with Crippen molar-refractivity contribution in [2.24, 2.45) is 0 Å². The predicted octanol–water partition coefficient (Wildman–Crippen LogP) is 6.97. The van der Waals surface area contributed by atoms with E-state index in [9.17, 15) is 9.59 Å². The molecule has 0 bridgehead atoms. The summed E-state index contributed by atoms with van der Waals surface area (Å²) in [7, 11) is 0. The van der Waals surface area contributed by atoms with Gasteiger partial charge in [0.05, 0.1) is 16.1 Å². The molecule has 4 rings (SSSR count). The normalized spacial score (nSPS) is 13.3. The molecule has 3 aromatic carbocycles. The standard InChI is InChI=1S/C29H30Cl2N2O4/c1-29(2,3)37-28(35)33-19(14-18-12-13-25(30)26(31)15-18)16-32-27(34)36-17-24-22-10-6-4-8-20(22)21-9-5-7-11-23(21)24/h4-13,15,19,24H,14,16-17H2,1-3H3,(H,32,34)(H,33,35)/t19-/m1/s1. The molecule has 8 heteroatoms. The van der Waals surface area contributed by atoms with Gasteiger partial charge in [-0.05, 0) is 67.1 Å². The number of carbonyl (C=O) groups is 2. The van der Waals surface area contributed by atoms with Gasteiger partial charge in [0.15, 0.2) is 0 Å². The molecule has 0 unspecified atom stereocenters. The van der Waals surface area contributed by atoms with Crippen LogP contribution in [0.1, 0.15) is 43.4 Å². The molecule has 0 heterocycles. The van der Waals surface area contributed by atoms with E-state index in [1.165, 1.54) is 0 Å². The van der Waals surface area contributed by atoms with E-state index in [0.29, 0.717) is 16.5 Å². The number of hydrogen-bond acceptors (Lipinski definition) is 4. The van der Waals surface area contributed by atoms with Crippen LogP contribution in [0.3, 0.4) is 0 Å². The number of amides is 2. The molecular weight excluding hydrogens is 511 g/mol. The Kier molecular flexibility index (Phi) is 8.30. The van der Waals surface area contributed by atoms with Crippen molar-refractivity contribution < 1.29 is 19.1 Å². The summed E-state index contributed by atoms with van der Waals surface area (Å²) >= 11 is 12.2. The van der Waals surface area contributed by atoms with Crippen molar-refractivity contribution in [2.75, 3.05) is 13.2 Å². The number of alkyl carbamates (subject to hydrolysis) is 2. The third-order valence-electron chi connectivity index (χ3n) is 6.02. The van der Waals surface area contributed by atoms with Gasteiger partial charge in [0.1, 0.15) is 12.2 Å². The first kappa shape index (κ1) is 26.8. The van der Waals surface area contributed by atoms with Crippen LogP contribution in [0.4, 0.5) is 9.59 Å². The highest BCUT2D eigenvalue weighted by atomic mass is 35.5. The summed E-state index contributed by atoms with van der Waals surface area (Å²) in [6.45, 7) is 5.70. The minimum absolute atomic E-state index is 0.0370. The largest absolute Gasteiger partial charge is 0.449 e. The second kappa shape index (κ2) is 11.4. The van der Waals surface area contributed by atoms with Gasteiger partial charge in [-0.25, -0.2) is 9.59 Å². The monoisotopic (exact) mass is 540 g/mol. The molecule has 0 saturated carbocycles. The van der Waals surface area contributed by atoms with Gasteiger partial charge in [0.2, 0.25) is 0 Å². The highest BCUT2D eigenvalue weighted by Crippen LogP contribution is 2.44. The summed E-state index contributed by atoms with van der Waals surface area (Å²) in [5, 5.41) is 6.47. The Morgan fingerprint density at radius 3 is 2.11 bits per heavy atom. The first-order valence-corrected chi connectivity index (χ1v) is 12.9. The average Bonchev–Trinajstić information content (AvgIpc) is 3.16. The molecule has 1 atom stereocenters. The van der Waals surface area contributed by atoms with Crippen LogP contribution in [0.25, 0.3) is 11.1 Å². The zero-order valence-electron chi connectivity index (χ0n) is 21.0. The third-order valence-corrected chi connectivity index (χ3v) is 6.76. The minimum atomic E-state index is -0.654. The lowest BCUT2D eigenvalue weighted by Gasteiger charge is -2.24. The Labute approximate surface area is 227 Å². The van der Waals surface area contributed by atoms with E-state index < -0.39 is 23.8 Å². The van der Waals surface area contributed by atoms with E-state index in [1.807, 2.05) is 30.3 Å². The molecule has 3 aromatic rings. The number of carbonyl (C=O) groups excluding carboxylic acids is 2. The number of benzene rings is 3. The van der Waals surface area contributed by atoms with Gasteiger partial charge >= 0.3 is 12.2 Å². The Hall–Kier alpha value is -3.22. The molecule has 37 heavy (non-hydrogen) atoms. The lowest BCUT2D eigenvalue weighted by atomic mass is 9.98.